The Morgan fingerprint density at radius 2 is 1.86 bits per heavy atom. The Morgan fingerprint density at radius 1 is 1.29 bits per heavy atom. The van der Waals surface area contributed by atoms with E-state index < -0.39 is 24.5 Å². The minimum Gasteiger partial charge on any atom is -0.490 e. The fraction of sp³-hybridized carbons (Fsp3) is 0.375. The Balaban J connectivity index is 3.83. The van der Waals surface area contributed by atoms with Gasteiger partial charge in [-0.05, 0) is 6.58 Å². The van der Waals surface area contributed by atoms with Crippen LogP contribution < -0.4 is 0 Å². The van der Waals surface area contributed by atoms with Crippen LogP contribution in [0.1, 0.15) is 6.92 Å². The topological polar surface area (TPSA) is 78.9 Å². The average molecular weight is 202 g/mol. The second kappa shape index (κ2) is 5.74. The molecule has 0 spiro atoms. The number of methoxy groups -OCH3 is 1. The second-order valence-electron chi connectivity index (χ2n) is 2.17. The molecule has 6 nitrogen and oxygen atoms in total. The predicted octanol–water partition coefficient (Wildman–Crippen LogP) is -0.221. The molecule has 0 saturated heterocycles. The van der Waals surface area contributed by atoms with Crippen LogP contribution in [0.25, 0.3) is 0 Å². The van der Waals surface area contributed by atoms with E-state index in [4.69, 9.17) is 0 Å². The van der Waals surface area contributed by atoms with Crippen LogP contribution in [-0.2, 0) is 28.6 Å². The van der Waals surface area contributed by atoms with Crippen LogP contribution in [0.15, 0.2) is 12.3 Å². The maximum atomic E-state index is 10.8. The van der Waals surface area contributed by atoms with Gasteiger partial charge in [0.15, 0.2) is 12.4 Å². The number of carbonyl (C=O) groups excluding carboxylic acids is 3. The monoisotopic (exact) mass is 202 g/mol. The Labute approximate surface area is 80.4 Å². The molecule has 0 heterocycles. The molecule has 0 radical (unpaired) electrons. The summed E-state index contributed by atoms with van der Waals surface area (Å²) < 4.78 is 12.9. The number of esters is 3. The molecule has 6 heteroatoms. The summed E-state index contributed by atoms with van der Waals surface area (Å²) in [5, 5.41) is 0. The van der Waals surface area contributed by atoms with Crippen molar-refractivity contribution >= 4 is 17.9 Å². The summed E-state index contributed by atoms with van der Waals surface area (Å²) in [4.78, 5) is 31.8. The summed E-state index contributed by atoms with van der Waals surface area (Å²) in [6.07, 6.45) is 0. The lowest BCUT2D eigenvalue weighted by atomic mass is 10.6. The summed E-state index contributed by atoms with van der Waals surface area (Å²) >= 11 is 0. The number of ether oxygens (including phenoxy) is 3. The van der Waals surface area contributed by atoms with E-state index in [1.54, 1.807) is 0 Å². The molecule has 78 valence electrons. The van der Waals surface area contributed by atoms with E-state index in [1.165, 1.54) is 7.11 Å². The zero-order valence-electron chi connectivity index (χ0n) is 7.86. The predicted molar refractivity (Wildman–Crippen MR) is 43.9 cm³/mol. The molecule has 0 saturated carbocycles. The fourth-order valence-electron chi connectivity index (χ4n) is 0.478. The van der Waals surface area contributed by atoms with Crippen LogP contribution in [0.5, 0.6) is 0 Å². The number of hydrogen-bond acceptors (Lipinski definition) is 6. The lowest BCUT2D eigenvalue weighted by Gasteiger charge is -2.04. The van der Waals surface area contributed by atoms with Crippen LogP contribution >= 0.6 is 0 Å². The average Bonchev–Trinajstić information content (AvgIpc) is 2.11. The molecule has 0 rings (SSSR count). The highest BCUT2D eigenvalue weighted by molar-refractivity contribution is 5.89. The van der Waals surface area contributed by atoms with Crippen molar-refractivity contribution in [3.63, 3.8) is 0 Å². The van der Waals surface area contributed by atoms with Gasteiger partial charge in [0, 0.05) is 6.92 Å². The Hall–Kier alpha value is -1.85. The third-order valence-corrected chi connectivity index (χ3v) is 1.05. The molecule has 0 aromatic heterocycles. The molecule has 0 aromatic rings. The highest BCUT2D eigenvalue weighted by Crippen LogP contribution is 1.94. The van der Waals surface area contributed by atoms with Crippen molar-refractivity contribution in [1.82, 2.24) is 0 Å². The highest BCUT2D eigenvalue weighted by atomic mass is 16.6. The zero-order chi connectivity index (χ0) is 11.1. The van der Waals surface area contributed by atoms with Gasteiger partial charge in [-0.3, -0.25) is 4.79 Å². The first kappa shape index (κ1) is 12.2. The summed E-state index contributed by atoms with van der Waals surface area (Å²) in [6, 6.07) is 0. The van der Waals surface area contributed by atoms with Gasteiger partial charge in [0.2, 0.25) is 0 Å². The van der Waals surface area contributed by atoms with Gasteiger partial charge in [-0.15, -0.1) is 0 Å². The standard InChI is InChI=1S/C8H10O6/c1-5(12-3)8(11)13-4-7(10)14-6(2)9/h1,4H2,2-3H3. The van der Waals surface area contributed by atoms with Crippen molar-refractivity contribution in [2.24, 2.45) is 0 Å². The van der Waals surface area contributed by atoms with Crippen LogP contribution in [0, 0.1) is 0 Å². The molecular formula is C8H10O6. The largest absolute Gasteiger partial charge is 0.490 e. The molecular weight excluding hydrogens is 192 g/mol. The number of rotatable bonds is 4. The van der Waals surface area contributed by atoms with Gasteiger partial charge in [0.1, 0.15) is 0 Å². The molecule has 0 fully saturated rings. The van der Waals surface area contributed by atoms with E-state index in [1.807, 2.05) is 0 Å². The molecule has 0 amide bonds. The second-order valence-corrected chi connectivity index (χ2v) is 2.17. The summed E-state index contributed by atoms with van der Waals surface area (Å²) in [7, 11) is 1.23. The van der Waals surface area contributed by atoms with Gasteiger partial charge in [0.05, 0.1) is 7.11 Å². The van der Waals surface area contributed by atoms with Crippen LogP contribution in [-0.4, -0.2) is 31.6 Å². The lowest BCUT2D eigenvalue weighted by molar-refractivity contribution is -0.165. The summed E-state index contributed by atoms with van der Waals surface area (Å²) in [6.45, 7) is 3.61. The van der Waals surface area contributed by atoms with Gasteiger partial charge in [-0.2, -0.15) is 0 Å². The first-order valence-electron chi connectivity index (χ1n) is 3.58. The normalized spacial score (nSPS) is 8.71. The van der Waals surface area contributed by atoms with Crippen molar-refractivity contribution in [3.8, 4) is 0 Å². The number of hydrogen-bond donors (Lipinski definition) is 0. The molecule has 0 bridgehead atoms. The Morgan fingerprint density at radius 3 is 2.29 bits per heavy atom. The molecule has 0 aromatic carbocycles. The zero-order valence-corrected chi connectivity index (χ0v) is 7.86. The van der Waals surface area contributed by atoms with Crippen molar-refractivity contribution < 1.29 is 28.6 Å². The summed E-state index contributed by atoms with van der Waals surface area (Å²) in [5.41, 5.74) is 0. The molecule has 0 unspecified atom stereocenters. The van der Waals surface area contributed by atoms with Crippen molar-refractivity contribution in [1.29, 1.82) is 0 Å². The number of carbonyl (C=O) groups is 3. The molecule has 0 aliphatic heterocycles. The highest BCUT2D eigenvalue weighted by Gasteiger charge is 2.13. The van der Waals surface area contributed by atoms with Gasteiger partial charge < -0.3 is 14.2 Å². The van der Waals surface area contributed by atoms with E-state index >= 15 is 0 Å². The van der Waals surface area contributed by atoms with Crippen molar-refractivity contribution in [3.05, 3.63) is 12.3 Å². The van der Waals surface area contributed by atoms with Crippen molar-refractivity contribution in [2.45, 2.75) is 6.92 Å². The van der Waals surface area contributed by atoms with E-state index in [2.05, 4.69) is 20.8 Å². The smallest absolute Gasteiger partial charge is 0.373 e. The molecule has 0 N–H and O–H groups in total. The van der Waals surface area contributed by atoms with Gasteiger partial charge in [-0.1, -0.05) is 0 Å². The SMILES string of the molecule is C=C(OC)C(=O)OCC(=O)OC(C)=O. The summed E-state index contributed by atoms with van der Waals surface area (Å²) in [5.74, 6) is -2.83. The molecule has 14 heavy (non-hydrogen) atoms. The lowest BCUT2D eigenvalue weighted by Crippen LogP contribution is -2.19. The first-order chi connectivity index (χ1) is 6.47. The first-order valence-corrected chi connectivity index (χ1v) is 3.58. The molecule has 0 aliphatic carbocycles. The van der Waals surface area contributed by atoms with E-state index in [0.717, 1.165) is 6.92 Å². The maximum absolute atomic E-state index is 10.8. The van der Waals surface area contributed by atoms with Crippen LogP contribution in [0.3, 0.4) is 0 Å². The van der Waals surface area contributed by atoms with Crippen LogP contribution in [0.2, 0.25) is 0 Å². The van der Waals surface area contributed by atoms with Crippen molar-refractivity contribution in [2.75, 3.05) is 13.7 Å². The quantitative estimate of drug-likeness (QED) is 0.271. The van der Waals surface area contributed by atoms with E-state index in [0.29, 0.717) is 0 Å². The molecule has 0 aliphatic rings. The van der Waals surface area contributed by atoms with Crippen LogP contribution in [0.4, 0.5) is 0 Å². The van der Waals surface area contributed by atoms with Gasteiger partial charge in [0.25, 0.3) is 0 Å². The third kappa shape index (κ3) is 4.91. The van der Waals surface area contributed by atoms with E-state index in [9.17, 15) is 14.4 Å². The maximum Gasteiger partial charge on any atom is 0.373 e. The molecule has 0 atom stereocenters. The minimum absolute atomic E-state index is 0.236. The van der Waals surface area contributed by atoms with Gasteiger partial charge in [-0.25, -0.2) is 9.59 Å². The fourth-order valence-corrected chi connectivity index (χ4v) is 0.478. The Bertz CT molecular complexity index is 267. The Kier molecular flexibility index (Phi) is 4.98. The van der Waals surface area contributed by atoms with Gasteiger partial charge >= 0.3 is 17.9 Å². The minimum atomic E-state index is -0.949. The van der Waals surface area contributed by atoms with E-state index in [-0.39, 0.29) is 5.76 Å². The third-order valence-electron chi connectivity index (χ3n) is 1.05.